The zero-order valence-electron chi connectivity index (χ0n) is 17.0. The lowest BCUT2D eigenvalue weighted by Crippen LogP contribution is -2.44. The van der Waals surface area contributed by atoms with Crippen LogP contribution < -0.4 is 10.2 Å². The van der Waals surface area contributed by atoms with Crippen molar-refractivity contribution in [1.29, 1.82) is 0 Å². The Labute approximate surface area is 186 Å². The van der Waals surface area contributed by atoms with Gasteiger partial charge in [0.15, 0.2) is 0 Å². The minimum absolute atomic E-state index is 0. The molecule has 0 spiro atoms. The Morgan fingerprint density at radius 3 is 2.48 bits per heavy atom. The maximum Gasteiger partial charge on any atom is 0.242 e. The third-order valence-corrected chi connectivity index (χ3v) is 5.31. The Hall–Kier alpha value is -1.82. The smallest absolute Gasteiger partial charge is 0.242 e. The van der Waals surface area contributed by atoms with Crippen molar-refractivity contribution < 1.29 is 4.79 Å². The van der Waals surface area contributed by atoms with Crippen molar-refractivity contribution in [3.05, 3.63) is 60.4 Å². The summed E-state index contributed by atoms with van der Waals surface area (Å²) in [5.41, 5.74) is 2.18. The highest BCUT2D eigenvalue weighted by Crippen LogP contribution is 2.21. The van der Waals surface area contributed by atoms with Gasteiger partial charge in [0.05, 0.1) is 6.54 Å². The van der Waals surface area contributed by atoms with Crippen LogP contribution in [0.3, 0.4) is 0 Å². The lowest BCUT2D eigenvalue weighted by Gasteiger charge is -2.34. The van der Waals surface area contributed by atoms with Gasteiger partial charge in [0.2, 0.25) is 5.91 Å². The lowest BCUT2D eigenvalue weighted by molar-refractivity contribution is -0.131. The minimum atomic E-state index is 0. The molecule has 0 saturated carbocycles. The summed E-state index contributed by atoms with van der Waals surface area (Å²) < 4.78 is 0. The first-order valence-corrected chi connectivity index (χ1v) is 9.87. The van der Waals surface area contributed by atoms with Crippen molar-refractivity contribution in [3.8, 4) is 0 Å². The predicted octanol–water partition coefficient (Wildman–Crippen LogP) is 3.78. The van der Waals surface area contributed by atoms with Gasteiger partial charge in [0.1, 0.15) is 0 Å². The van der Waals surface area contributed by atoms with Gasteiger partial charge in [-0.15, -0.1) is 24.8 Å². The number of amides is 1. The summed E-state index contributed by atoms with van der Waals surface area (Å²) in [4.78, 5) is 21.3. The van der Waals surface area contributed by atoms with Crippen LogP contribution in [0.4, 0.5) is 5.69 Å². The van der Waals surface area contributed by atoms with Crippen LogP contribution in [0.25, 0.3) is 0 Å². The Balaban J connectivity index is 0.00000210. The van der Waals surface area contributed by atoms with E-state index in [1.807, 2.05) is 42.4 Å². The first-order valence-electron chi connectivity index (χ1n) is 9.87. The summed E-state index contributed by atoms with van der Waals surface area (Å²) in [6.45, 7) is 3.90. The second-order valence-corrected chi connectivity index (χ2v) is 7.27. The Morgan fingerprint density at radius 2 is 1.86 bits per heavy atom. The number of carbonyl (C=O) groups is 1. The Morgan fingerprint density at radius 1 is 1.14 bits per heavy atom. The number of aromatic nitrogens is 1. The van der Waals surface area contributed by atoms with Gasteiger partial charge in [0.25, 0.3) is 0 Å². The van der Waals surface area contributed by atoms with E-state index in [4.69, 9.17) is 0 Å². The highest BCUT2D eigenvalue weighted by Gasteiger charge is 2.24. The number of benzene rings is 1. The van der Waals surface area contributed by atoms with Crippen molar-refractivity contribution in [2.24, 2.45) is 5.92 Å². The van der Waals surface area contributed by atoms with Crippen LogP contribution in [0.2, 0.25) is 0 Å². The van der Waals surface area contributed by atoms with Crippen molar-refractivity contribution in [2.75, 3.05) is 38.1 Å². The topological polar surface area (TPSA) is 48.5 Å². The van der Waals surface area contributed by atoms with Crippen molar-refractivity contribution in [2.45, 2.75) is 25.8 Å². The van der Waals surface area contributed by atoms with Gasteiger partial charge in [-0.3, -0.25) is 9.78 Å². The standard InChI is InChI=1S/C22H30N4O.2ClH/c1-23-13-9-19-10-14-25(15-11-19)22(27)18-26(21-7-3-2-4-8-21)17-20-6-5-12-24-16-20;;/h2-8,12,16,19,23H,9-11,13-15,17-18H2,1H3;2*1H. The lowest BCUT2D eigenvalue weighted by atomic mass is 9.93. The summed E-state index contributed by atoms with van der Waals surface area (Å²) in [6, 6.07) is 14.2. The van der Waals surface area contributed by atoms with Crippen LogP contribution >= 0.6 is 24.8 Å². The largest absolute Gasteiger partial charge is 0.358 e. The molecule has 0 atom stereocenters. The van der Waals surface area contributed by atoms with Crippen LogP contribution in [-0.4, -0.2) is 49.0 Å². The van der Waals surface area contributed by atoms with E-state index >= 15 is 0 Å². The summed E-state index contributed by atoms with van der Waals surface area (Å²) in [6.07, 6.45) is 7.08. The fourth-order valence-corrected chi connectivity index (χ4v) is 3.67. The molecule has 0 unspecified atom stereocenters. The number of para-hydroxylation sites is 1. The van der Waals surface area contributed by atoms with E-state index in [1.54, 1.807) is 6.20 Å². The monoisotopic (exact) mass is 438 g/mol. The number of nitrogens with one attached hydrogen (secondary N) is 1. The number of hydrogen-bond acceptors (Lipinski definition) is 4. The molecule has 0 radical (unpaired) electrons. The molecule has 29 heavy (non-hydrogen) atoms. The first-order chi connectivity index (χ1) is 13.3. The normalized spacial score (nSPS) is 13.9. The van der Waals surface area contributed by atoms with Crippen LogP contribution in [0.1, 0.15) is 24.8 Å². The Bertz CT molecular complexity index is 694. The molecule has 7 heteroatoms. The molecule has 0 bridgehead atoms. The van der Waals surface area contributed by atoms with Crippen molar-refractivity contribution in [1.82, 2.24) is 15.2 Å². The molecule has 1 N–H and O–H groups in total. The van der Waals surface area contributed by atoms with Crippen molar-refractivity contribution >= 4 is 36.4 Å². The van der Waals surface area contributed by atoms with Crippen LogP contribution in [0.15, 0.2) is 54.9 Å². The molecule has 1 fully saturated rings. The maximum atomic E-state index is 12.9. The van der Waals surface area contributed by atoms with Gasteiger partial charge >= 0.3 is 0 Å². The predicted molar refractivity (Wildman–Crippen MR) is 124 cm³/mol. The van der Waals surface area contributed by atoms with E-state index < -0.39 is 0 Å². The second-order valence-electron chi connectivity index (χ2n) is 7.27. The first kappa shape index (κ1) is 25.2. The fraction of sp³-hybridized carbons (Fsp3) is 0.455. The summed E-state index contributed by atoms with van der Waals surface area (Å²) in [5.74, 6) is 0.955. The quantitative estimate of drug-likeness (QED) is 0.680. The molecule has 3 rings (SSSR count). The highest BCUT2D eigenvalue weighted by molar-refractivity contribution is 5.85. The molecule has 5 nitrogen and oxygen atoms in total. The van der Waals surface area contributed by atoms with Crippen molar-refractivity contribution in [3.63, 3.8) is 0 Å². The SMILES string of the molecule is CNCCC1CCN(C(=O)CN(Cc2cccnc2)c2ccccc2)CC1.Cl.Cl. The molecule has 1 aromatic heterocycles. The van der Waals surface area contributed by atoms with Gasteiger partial charge in [-0.1, -0.05) is 24.3 Å². The molecular weight excluding hydrogens is 407 g/mol. The van der Waals surface area contributed by atoms with E-state index in [-0.39, 0.29) is 30.7 Å². The van der Waals surface area contributed by atoms with Crippen LogP contribution in [-0.2, 0) is 11.3 Å². The summed E-state index contributed by atoms with van der Waals surface area (Å²) in [5, 5.41) is 3.22. The third kappa shape index (κ3) is 7.84. The van der Waals surface area contributed by atoms with E-state index in [1.165, 1.54) is 6.42 Å². The maximum absolute atomic E-state index is 12.9. The zero-order valence-corrected chi connectivity index (χ0v) is 18.6. The third-order valence-electron chi connectivity index (χ3n) is 5.31. The summed E-state index contributed by atoms with van der Waals surface area (Å²) in [7, 11) is 2.00. The molecular formula is C22H32Cl2N4O. The number of rotatable bonds is 8. The number of carbonyl (C=O) groups excluding carboxylic acids is 1. The summed E-state index contributed by atoms with van der Waals surface area (Å²) >= 11 is 0. The second kappa shape index (κ2) is 13.4. The number of halogens is 2. The Kier molecular flexibility index (Phi) is 11.7. The average molecular weight is 439 g/mol. The molecule has 1 saturated heterocycles. The molecule has 1 aliphatic rings. The molecule has 160 valence electrons. The van der Waals surface area contributed by atoms with Gasteiger partial charge in [-0.2, -0.15) is 0 Å². The van der Waals surface area contributed by atoms with E-state index in [9.17, 15) is 4.79 Å². The van der Waals surface area contributed by atoms with E-state index in [2.05, 4.69) is 33.4 Å². The number of hydrogen-bond donors (Lipinski definition) is 1. The number of likely N-dealkylation sites (tertiary alicyclic amines) is 1. The highest BCUT2D eigenvalue weighted by atomic mass is 35.5. The number of pyridine rings is 1. The zero-order chi connectivity index (χ0) is 18.9. The number of piperidine rings is 1. The van der Waals surface area contributed by atoms with E-state index in [0.717, 1.165) is 49.6 Å². The van der Waals surface area contributed by atoms with Gasteiger partial charge < -0.3 is 15.1 Å². The fourth-order valence-electron chi connectivity index (χ4n) is 3.67. The molecule has 0 aliphatic carbocycles. The molecule has 1 amide bonds. The minimum Gasteiger partial charge on any atom is -0.358 e. The van der Waals surface area contributed by atoms with Crippen LogP contribution in [0.5, 0.6) is 0 Å². The van der Waals surface area contributed by atoms with Gasteiger partial charge in [-0.05, 0) is 62.5 Å². The van der Waals surface area contributed by atoms with Crippen LogP contribution in [0, 0.1) is 5.92 Å². The molecule has 1 aromatic carbocycles. The molecule has 1 aliphatic heterocycles. The number of nitrogens with zero attached hydrogens (tertiary/aromatic N) is 3. The number of anilines is 1. The average Bonchev–Trinajstić information content (AvgIpc) is 2.73. The van der Waals surface area contributed by atoms with E-state index in [0.29, 0.717) is 13.1 Å². The van der Waals surface area contributed by atoms with Gasteiger partial charge in [0, 0.05) is 37.7 Å². The van der Waals surface area contributed by atoms with Gasteiger partial charge in [-0.25, -0.2) is 0 Å². The molecule has 2 heterocycles. The molecule has 2 aromatic rings.